The van der Waals surface area contributed by atoms with E-state index in [1.54, 1.807) is 4.88 Å². The maximum absolute atomic E-state index is 2.46. The number of benzene rings is 4. The molecule has 6 rings (SSSR count). The van der Waals surface area contributed by atoms with Gasteiger partial charge in [0.1, 0.15) is 0 Å². The van der Waals surface area contributed by atoms with Gasteiger partial charge in [-0.15, -0.1) is 22.7 Å². The third-order valence-corrected chi connectivity index (χ3v) is 9.91. The first-order valence-electron chi connectivity index (χ1n) is 14.0. The van der Waals surface area contributed by atoms with Crippen LogP contribution in [0.4, 0.5) is 0 Å². The number of fused-ring (bicyclic) bond motifs is 7. The topological polar surface area (TPSA) is 0 Å². The molecule has 0 saturated carbocycles. The standard InChI is InChI=1S/C34H36S2/c1-2-3-4-5-6-7-8-9-10-11-12-28-19-27-21-32-25(23-34(27)36-28)14-16-29-30(32)15-13-24-22-33-26(17-18-35-33)20-31(24)29/h13-23H,2-12H2,1H3. The number of hydrogen-bond donors (Lipinski definition) is 0. The first kappa shape index (κ1) is 23.9. The molecule has 0 unspecified atom stereocenters. The summed E-state index contributed by atoms with van der Waals surface area (Å²) in [7, 11) is 0. The minimum atomic E-state index is 1.23. The highest BCUT2D eigenvalue weighted by Crippen LogP contribution is 2.38. The lowest BCUT2D eigenvalue weighted by Gasteiger charge is -2.08. The average Bonchev–Trinajstić information content (AvgIpc) is 3.52. The molecule has 6 aromatic rings. The molecule has 0 N–H and O–H groups in total. The molecule has 0 nitrogen and oxygen atoms in total. The van der Waals surface area contributed by atoms with E-state index < -0.39 is 0 Å². The minimum absolute atomic E-state index is 1.23. The summed E-state index contributed by atoms with van der Waals surface area (Å²) in [6, 6.07) is 23.6. The predicted molar refractivity (Wildman–Crippen MR) is 165 cm³/mol. The lowest BCUT2D eigenvalue weighted by molar-refractivity contribution is 0.557. The Morgan fingerprint density at radius 2 is 1.11 bits per heavy atom. The van der Waals surface area contributed by atoms with Gasteiger partial charge in [0.15, 0.2) is 0 Å². The van der Waals surface area contributed by atoms with Crippen molar-refractivity contribution in [2.45, 2.75) is 77.6 Å². The molecule has 0 saturated heterocycles. The first-order valence-corrected chi connectivity index (χ1v) is 15.7. The molecule has 2 aromatic heterocycles. The highest BCUT2D eigenvalue weighted by molar-refractivity contribution is 7.19. The highest BCUT2D eigenvalue weighted by atomic mass is 32.1. The summed E-state index contributed by atoms with van der Waals surface area (Å²) in [5, 5.41) is 13.2. The van der Waals surface area contributed by atoms with Gasteiger partial charge in [0.25, 0.3) is 0 Å². The second-order valence-corrected chi connectivity index (χ2v) is 12.6. The van der Waals surface area contributed by atoms with Crippen LogP contribution in [0.15, 0.2) is 66.0 Å². The number of aryl methyl sites for hydroxylation is 1. The second-order valence-electron chi connectivity index (χ2n) is 10.5. The summed E-state index contributed by atoms with van der Waals surface area (Å²) < 4.78 is 2.81. The zero-order chi connectivity index (χ0) is 24.3. The normalized spacial score (nSPS) is 12.1. The maximum Gasteiger partial charge on any atom is 0.0352 e. The fraction of sp³-hybridized carbons (Fsp3) is 0.353. The fourth-order valence-corrected chi connectivity index (χ4v) is 7.79. The second kappa shape index (κ2) is 10.9. The molecule has 0 radical (unpaired) electrons. The molecule has 184 valence electrons. The lowest BCUT2D eigenvalue weighted by Crippen LogP contribution is -1.84. The van der Waals surface area contributed by atoms with Crippen LogP contribution < -0.4 is 0 Å². The first-order chi connectivity index (χ1) is 17.8. The third-order valence-electron chi connectivity index (χ3n) is 7.87. The van der Waals surface area contributed by atoms with Crippen LogP contribution in [0.5, 0.6) is 0 Å². The zero-order valence-corrected chi connectivity index (χ0v) is 23.1. The molecule has 2 heteroatoms. The summed E-state index contributed by atoms with van der Waals surface area (Å²) in [5.41, 5.74) is 0. The number of rotatable bonds is 11. The van der Waals surface area contributed by atoms with E-state index in [-0.39, 0.29) is 0 Å². The average molecular weight is 509 g/mol. The summed E-state index contributed by atoms with van der Waals surface area (Å²) in [5.74, 6) is 0. The Balaban J connectivity index is 1.17. The number of thiophene rings is 2. The Hall–Kier alpha value is -2.42. The summed E-state index contributed by atoms with van der Waals surface area (Å²) in [4.78, 5) is 1.55. The zero-order valence-electron chi connectivity index (χ0n) is 21.4. The number of unbranched alkanes of at least 4 members (excludes halogenated alkanes) is 9. The van der Waals surface area contributed by atoms with Gasteiger partial charge in [-0.1, -0.05) is 89.0 Å². The van der Waals surface area contributed by atoms with Crippen LogP contribution in [-0.2, 0) is 6.42 Å². The fourth-order valence-electron chi connectivity index (χ4n) is 5.83. The monoisotopic (exact) mass is 508 g/mol. The molecular formula is C34H36S2. The van der Waals surface area contributed by atoms with Crippen molar-refractivity contribution in [3.8, 4) is 0 Å². The molecule has 0 bridgehead atoms. The molecule has 4 aromatic carbocycles. The van der Waals surface area contributed by atoms with Crippen LogP contribution >= 0.6 is 22.7 Å². The lowest BCUT2D eigenvalue weighted by atomic mass is 9.96. The summed E-state index contributed by atoms with van der Waals surface area (Å²) >= 11 is 3.83. The van der Waals surface area contributed by atoms with Crippen molar-refractivity contribution in [1.82, 2.24) is 0 Å². The molecule has 2 heterocycles. The Labute approximate surface area is 222 Å². The van der Waals surface area contributed by atoms with E-state index in [0.717, 1.165) is 0 Å². The summed E-state index contributed by atoms with van der Waals surface area (Å²) in [6.07, 6.45) is 15.3. The van der Waals surface area contributed by atoms with Crippen molar-refractivity contribution in [2.24, 2.45) is 0 Å². The van der Waals surface area contributed by atoms with Crippen LogP contribution in [0, 0.1) is 0 Å². The molecular weight excluding hydrogens is 473 g/mol. The van der Waals surface area contributed by atoms with Gasteiger partial charge in [0.2, 0.25) is 0 Å². The Bertz CT molecular complexity index is 1630. The van der Waals surface area contributed by atoms with Crippen molar-refractivity contribution in [1.29, 1.82) is 0 Å². The maximum atomic E-state index is 2.46. The third kappa shape index (κ3) is 4.91. The van der Waals surface area contributed by atoms with Gasteiger partial charge in [-0.25, -0.2) is 0 Å². The van der Waals surface area contributed by atoms with Crippen molar-refractivity contribution in [3.05, 3.63) is 70.9 Å². The molecule has 36 heavy (non-hydrogen) atoms. The largest absolute Gasteiger partial charge is 0.144 e. The van der Waals surface area contributed by atoms with Gasteiger partial charge < -0.3 is 0 Å². The van der Waals surface area contributed by atoms with Crippen LogP contribution in [0.2, 0.25) is 0 Å². The molecule has 0 fully saturated rings. The smallest absolute Gasteiger partial charge is 0.0352 e. The number of hydrogen-bond acceptors (Lipinski definition) is 2. The Morgan fingerprint density at radius 3 is 1.81 bits per heavy atom. The Morgan fingerprint density at radius 1 is 0.500 bits per heavy atom. The van der Waals surface area contributed by atoms with Crippen LogP contribution in [0.25, 0.3) is 52.5 Å². The molecule has 0 amide bonds. The van der Waals surface area contributed by atoms with E-state index in [1.165, 1.54) is 123 Å². The van der Waals surface area contributed by atoms with E-state index >= 15 is 0 Å². The molecule has 0 aliphatic rings. The minimum Gasteiger partial charge on any atom is -0.144 e. The molecule has 0 aliphatic heterocycles. The van der Waals surface area contributed by atoms with E-state index in [0.29, 0.717) is 0 Å². The quantitative estimate of drug-likeness (QED) is 0.121. The van der Waals surface area contributed by atoms with Crippen LogP contribution in [-0.4, -0.2) is 0 Å². The highest BCUT2D eigenvalue weighted by Gasteiger charge is 2.10. The van der Waals surface area contributed by atoms with Crippen LogP contribution in [0.3, 0.4) is 0 Å². The van der Waals surface area contributed by atoms with Crippen molar-refractivity contribution in [2.75, 3.05) is 0 Å². The Kier molecular flexibility index (Phi) is 7.26. The molecule has 0 spiro atoms. The van der Waals surface area contributed by atoms with Gasteiger partial charge in [0.05, 0.1) is 0 Å². The van der Waals surface area contributed by atoms with Gasteiger partial charge in [-0.05, 0) is 97.7 Å². The summed E-state index contributed by atoms with van der Waals surface area (Å²) in [6.45, 7) is 2.30. The van der Waals surface area contributed by atoms with E-state index in [9.17, 15) is 0 Å². The van der Waals surface area contributed by atoms with E-state index in [4.69, 9.17) is 0 Å². The SMILES string of the molecule is CCCCCCCCCCCCc1cc2cc3c(ccc4c5cc6ccsc6cc5ccc34)cc2s1. The van der Waals surface area contributed by atoms with Crippen LogP contribution in [0.1, 0.15) is 76.0 Å². The van der Waals surface area contributed by atoms with E-state index in [1.807, 2.05) is 22.7 Å². The molecule has 0 atom stereocenters. The van der Waals surface area contributed by atoms with Crippen molar-refractivity contribution < 1.29 is 0 Å². The van der Waals surface area contributed by atoms with E-state index in [2.05, 4.69) is 73.0 Å². The van der Waals surface area contributed by atoms with Gasteiger partial charge >= 0.3 is 0 Å². The predicted octanol–water partition coefficient (Wildman–Crippen LogP) is 12.0. The van der Waals surface area contributed by atoms with Crippen molar-refractivity contribution in [3.63, 3.8) is 0 Å². The van der Waals surface area contributed by atoms with Gasteiger partial charge in [-0.3, -0.25) is 0 Å². The molecule has 0 aliphatic carbocycles. The van der Waals surface area contributed by atoms with Gasteiger partial charge in [-0.2, -0.15) is 0 Å². The van der Waals surface area contributed by atoms with Gasteiger partial charge in [0, 0.05) is 14.3 Å². The van der Waals surface area contributed by atoms with Crippen molar-refractivity contribution >= 4 is 75.2 Å².